The predicted octanol–water partition coefficient (Wildman–Crippen LogP) is 2.69. The first-order valence-corrected chi connectivity index (χ1v) is 5.41. The van der Waals surface area contributed by atoms with Gasteiger partial charge in [-0.05, 0) is 12.5 Å². The number of hydrogen-bond acceptors (Lipinski definition) is 3. The first-order valence-electron chi connectivity index (χ1n) is 5.41. The highest BCUT2D eigenvalue weighted by Crippen LogP contribution is 2.31. The fraction of sp³-hybridized carbons (Fsp3) is 0.308. The Hall–Kier alpha value is -1.81. The molecule has 0 spiro atoms. The van der Waals surface area contributed by atoms with Crippen LogP contribution in [0.1, 0.15) is 18.5 Å². The maximum absolute atomic E-state index is 11.7. The molecule has 1 amide bonds. The smallest absolute Gasteiger partial charge is 0.413 e. The molecule has 4 heteroatoms. The highest BCUT2D eigenvalue weighted by Gasteiger charge is 2.38. The maximum Gasteiger partial charge on any atom is 0.417 e. The monoisotopic (exact) mass is 233 g/mol. The van der Waals surface area contributed by atoms with Gasteiger partial charge in [-0.25, -0.2) is 4.79 Å². The molecule has 2 atom stereocenters. The lowest BCUT2D eigenvalue weighted by molar-refractivity contribution is -0.0344. The third kappa shape index (κ3) is 2.03. The van der Waals surface area contributed by atoms with Crippen molar-refractivity contribution < 1.29 is 14.3 Å². The highest BCUT2D eigenvalue weighted by molar-refractivity contribution is 5.74. The third-order valence-electron chi connectivity index (χ3n) is 2.87. The van der Waals surface area contributed by atoms with E-state index in [1.165, 1.54) is 12.0 Å². The van der Waals surface area contributed by atoms with Crippen molar-refractivity contribution in [2.24, 2.45) is 0 Å². The number of amides is 1. The molecule has 1 aliphatic rings. The van der Waals surface area contributed by atoms with Crippen molar-refractivity contribution >= 4 is 6.09 Å². The predicted molar refractivity (Wildman–Crippen MR) is 63.1 cm³/mol. The van der Waals surface area contributed by atoms with E-state index < -0.39 is 12.4 Å². The summed E-state index contributed by atoms with van der Waals surface area (Å²) in [6, 6.07) is 9.62. The van der Waals surface area contributed by atoms with E-state index in [1.54, 1.807) is 0 Å². The molecule has 0 saturated carbocycles. The van der Waals surface area contributed by atoms with Crippen molar-refractivity contribution in [3.05, 3.63) is 48.2 Å². The molecule has 1 saturated heterocycles. The largest absolute Gasteiger partial charge is 0.417 e. The zero-order valence-electron chi connectivity index (χ0n) is 9.92. The van der Waals surface area contributed by atoms with Crippen LogP contribution in [-0.4, -0.2) is 24.4 Å². The summed E-state index contributed by atoms with van der Waals surface area (Å²) < 4.78 is 10.1. The summed E-state index contributed by atoms with van der Waals surface area (Å²) in [5, 5.41) is 0. The molecule has 0 aromatic heterocycles. The third-order valence-corrected chi connectivity index (χ3v) is 2.87. The van der Waals surface area contributed by atoms with E-state index in [2.05, 4.69) is 6.58 Å². The van der Waals surface area contributed by atoms with Crippen LogP contribution < -0.4 is 0 Å². The number of carbonyl (C=O) groups excluding carboxylic acids is 1. The quantitative estimate of drug-likeness (QED) is 0.805. The zero-order valence-corrected chi connectivity index (χ0v) is 9.92. The Bertz CT molecular complexity index is 430. The molecule has 1 aliphatic heterocycles. The van der Waals surface area contributed by atoms with Gasteiger partial charge in [0.2, 0.25) is 6.29 Å². The van der Waals surface area contributed by atoms with E-state index >= 15 is 0 Å². The average molecular weight is 233 g/mol. The number of carbonyl (C=O) groups is 1. The summed E-state index contributed by atoms with van der Waals surface area (Å²) in [7, 11) is 1.49. The summed E-state index contributed by atoms with van der Waals surface area (Å²) in [5.74, 6) is 0. The van der Waals surface area contributed by atoms with E-state index in [9.17, 15) is 4.79 Å². The number of methoxy groups -OCH3 is 1. The van der Waals surface area contributed by atoms with Gasteiger partial charge in [-0.2, -0.15) is 0 Å². The molecule has 0 radical (unpaired) electrons. The molecular formula is C13H15NO3. The Morgan fingerprint density at radius 2 is 2.06 bits per heavy atom. The van der Waals surface area contributed by atoms with Gasteiger partial charge in [-0.15, -0.1) is 0 Å². The van der Waals surface area contributed by atoms with Gasteiger partial charge in [-0.3, -0.25) is 4.90 Å². The van der Waals surface area contributed by atoms with E-state index in [0.29, 0.717) is 5.70 Å². The normalized spacial score (nSPS) is 21.5. The zero-order chi connectivity index (χ0) is 12.4. The Morgan fingerprint density at radius 3 is 2.59 bits per heavy atom. The Morgan fingerprint density at radius 1 is 1.41 bits per heavy atom. The molecule has 1 aromatic rings. The lowest BCUT2D eigenvalue weighted by Crippen LogP contribution is -2.26. The molecule has 0 bridgehead atoms. The van der Waals surface area contributed by atoms with Crippen molar-refractivity contribution in [1.82, 2.24) is 4.90 Å². The second-order valence-corrected chi connectivity index (χ2v) is 3.90. The first kappa shape index (κ1) is 11.7. The van der Waals surface area contributed by atoms with Crippen LogP contribution in [0, 0.1) is 0 Å². The maximum atomic E-state index is 11.7. The number of nitrogens with zero attached hydrogens (tertiary/aromatic N) is 1. The van der Waals surface area contributed by atoms with Gasteiger partial charge in [0.05, 0.1) is 11.7 Å². The minimum atomic E-state index is -0.673. The molecule has 90 valence electrons. The van der Waals surface area contributed by atoms with Crippen LogP contribution in [0.3, 0.4) is 0 Å². The Labute approximate surface area is 100 Å². The summed E-state index contributed by atoms with van der Waals surface area (Å²) in [5.41, 5.74) is 1.57. The number of ether oxygens (including phenoxy) is 2. The molecular weight excluding hydrogens is 218 g/mol. The van der Waals surface area contributed by atoms with Crippen LogP contribution in [-0.2, 0) is 9.47 Å². The van der Waals surface area contributed by atoms with Crippen molar-refractivity contribution in [2.45, 2.75) is 19.3 Å². The van der Waals surface area contributed by atoms with Gasteiger partial charge >= 0.3 is 6.09 Å². The highest BCUT2D eigenvalue weighted by atomic mass is 16.7. The van der Waals surface area contributed by atoms with Crippen molar-refractivity contribution in [3.8, 4) is 0 Å². The standard InChI is InChI=1S/C13H15NO3/c1-9(11-7-5-4-6-8-11)14-10(2)12(16-3)17-13(14)15/h4-9,12H,2H2,1,3H3/t9-,12?/m1/s1. The second kappa shape index (κ2) is 4.59. The van der Waals surface area contributed by atoms with Crippen molar-refractivity contribution in [1.29, 1.82) is 0 Å². The molecule has 1 heterocycles. The van der Waals surface area contributed by atoms with Crippen LogP contribution in [0.4, 0.5) is 4.79 Å². The van der Waals surface area contributed by atoms with Gasteiger partial charge in [0.25, 0.3) is 0 Å². The van der Waals surface area contributed by atoms with E-state index in [0.717, 1.165) is 5.56 Å². The van der Waals surface area contributed by atoms with E-state index in [-0.39, 0.29) is 6.04 Å². The van der Waals surface area contributed by atoms with Crippen LogP contribution in [0.5, 0.6) is 0 Å². The Kier molecular flexibility index (Phi) is 3.15. The van der Waals surface area contributed by atoms with Gasteiger partial charge in [0.1, 0.15) is 0 Å². The van der Waals surface area contributed by atoms with Crippen LogP contribution in [0.25, 0.3) is 0 Å². The fourth-order valence-electron chi connectivity index (χ4n) is 1.92. The number of benzene rings is 1. The number of cyclic esters (lactones) is 1. The molecule has 17 heavy (non-hydrogen) atoms. The van der Waals surface area contributed by atoms with Crippen molar-refractivity contribution in [3.63, 3.8) is 0 Å². The topological polar surface area (TPSA) is 38.8 Å². The van der Waals surface area contributed by atoms with Gasteiger partial charge in [0, 0.05) is 7.11 Å². The molecule has 1 unspecified atom stereocenters. The summed E-state index contributed by atoms with van der Waals surface area (Å²) in [6.07, 6.45) is -1.09. The minimum absolute atomic E-state index is 0.114. The van der Waals surface area contributed by atoms with E-state index in [4.69, 9.17) is 9.47 Å². The molecule has 0 N–H and O–H groups in total. The fourth-order valence-corrected chi connectivity index (χ4v) is 1.92. The average Bonchev–Trinajstić information content (AvgIpc) is 2.64. The molecule has 4 nitrogen and oxygen atoms in total. The van der Waals surface area contributed by atoms with Crippen LogP contribution >= 0.6 is 0 Å². The lowest BCUT2D eigenvalue weighted by Gasteiger charge is -2.23. The van der Waals surface area contributed by atoms with Gasteiger partial charge in [0.15, 0.2) is 0 Å². The Balaban J connectivity index is 2.23. The molecule has 2 rings (SSSR count). The van der Waals surface area contributed by atoms with Crippen molar-refractivity contribution in [2.75, 3.05) is 7.11 Å². The first-order chi connectivity index (χ1) is 8.15. The molecule has 0 aliphatic carbocycles. The number of hydrogen-bond donors (Lipinski definition) is 0. The van der Waals surface area contributed by atoms with Gasteiger partial charge < -0.3 is 9.47 Å². The summed E-state index contributed by atoms with van der Waals surface area (Å²) in [4.78, 5) is 13.2. The summed E-state index contributed by atoms with van der Waals surface area (Å²) in [6.45, 7) is 5.77. The van der Waals surface area contributed by atoms with Crippen LogP contribution in [0.2, 0.25) is 0 Å². The lowest BCUT2D eigenvalue weighted by atomic mass is 10.1. The van der Waals surface area contributed by atoms with Crippen LogP contribution in [0.15, 0.2) is 42.6 Å². The van der Waals surface area contributed by atoms with Gasteiger partial charge in [-0.1, -0.05) is 36.9 Å². The second-order valence-electron chi connectivity index (χ2n) is 3.90. The minimum Gasteiger partial charge on any atom is -0.413 e. The molecule has 1 fully saturated rings. The molecule has 1 aromatic carbocycles. The summed E-state index contributed by atoms with van der Waals surface area (Å²) >= 11 is 0. The SMILES string of the molecule is C=C1C(OC)OC(=O)N1[C@H](C)c1ccccc1. The number of rotatable bonds is 3. The van der Waals surface area contributed by atoms with E-state index in [1.807, 2.05) is 37.3 Å².